The molecule has 4 rings (SSSR count). The lowest BCUT2D eigenvalue weighted by Gasteiger charge is -2.52. The van der Waals surface area contributed by atoms with Crippen molar-refractivity contribution >= 4 is 0 Å². The number of rotatable bonds is 0. The molecule has 3 atom stereocenters. The summed E-state index contributed by atoms with van der Waals surface area (Å²) in [4.78, 5) is 0. The number of hydrogen-bond acceptors (Lipinski definition) is 3. The van der Waals surface area contributed by atoms with Crippen molar-refractivity contribution in [2.24, 2.45) is 0 Å². The van der Waals surface area contributed by atoms with Crippen molar-refractivity contribution in [2.45, 2.75) is 31.3 Å². The zero-order chi connectivity index (χ0) is 14.0. The number of ether oxygens (including phenoxy) is 2. The van der Waals surface area contributed by atoms with Gasteiger partial charge in [0.05, 0.1) is 0 Å². The summed E-state index contributed by atoms with van der Waals surface area (Å²) in [5.74, 6) is -0.0869. The molecule has 102 valence electrons. The first-order valence-corrected chi connectivity index (χ1v) is 6.81. The van der Waals surface area contributed by atoms with E-state index in [0.29, 0.717) is 0 Å². The maximum atomic E-state index is 10.8. The van der Waals surface area contributed by atoms with E-state index in [1.807, 2.05) is 62.4 Å². The highest BCUT2D eigenvalue weighted by atomic mass is 16.7. The SMILES string of the molecule is C[C@@]12Oc3ccccc3[C@@](C)(O1)C(O)c1ccccc12. The van der Waals surface area contributed by atoms with Gasteiger partial charge in [-0.15, -0.1) is 0 Å². The Balaban J connectivity index is 2.03. The average Bonchev–Trinajstić information content (AvgIpc) is 2.45. The Morgan fingerprint density at radius 2 is 1.60 bits per heavy atom. The van der Waals surface area contributed by atoms with Crippen LogP contribution in [0.25, 0.3) is 0 Å². The van der Waals surface area contributed by atoms with Gasteiger partial charge in [-0.2, -0.15) is 0 Å². The highest BCUT2D eigenvalue weighted by Gasteiger charge is 2.55. The van der Waals surface area contributed by atoms with E-state index in [2.05, 4.69) is 0 Å². The van der Waals surface area contributed by atoms with Crippen molar-refractivity contribution in [3.05, 3.63) is 65.2 Å². The van der Waals surface area contributed by atoms with Gasteiger partial charge < -0.3 is 14.6 Å². The first kappa shape index (κ1) is 11.9. The Morgan fingerprint density at radius 1 is 0.950 bits per heavy atom. The van der Waals surface area contributed by atoms with Gasteiger partial charge in [0, 0.05) is 18.1 Å². The van der Waals surface area contributed by atoms with Gasteiger partial charge in [0.15, 0.2) is 0 Å². The molecular formula is C17H16O3. The van der Waals surface area contributed by atoms with Gasteiger partial charge >= 0.3 is 0 Å². The molecule has 0 fully saturated rings. The molecule has 0 saturated carbocycles. The summed E-state index contributed by atoms with van der Waals surface area (Å²) in [5, 5.41) is 10.8. The molecule has 1 N–H and O–H groups in total. The molecule has 0 aliphatic carbocycles. The molecule has 2 aromatic carbocycles. The van der Waals surface area contributed by atoms with Crippen LogP contribution in [0, 0.1) is 0 Å². The first-order chi connectivity index (χ1) is 9.55. The number of fused-ring (bicyclic) bond motifs is 6. The van der Waals surface area contributed by atoms with Crippen LogP contribution in [0.5, 0.6) is 5.75 Å². The average molecular weight is 268 g/mol. The quantitative estimate of drug-likeness (QED) is 0.797. The van der Waals surface area contributed by atoms with Crippen molar-refractivity contribution in [3.8, 4) is 5.75 Å². The lowest BCUT2D eigenvalue weighted by Crippen LogP contribution is -2.53. The summed E-state index contributed by atoms with van der Waals surface area (Å²) in [6.45, 7) is 3.83. The number of para-hydroxylation sites is 1. The molecule has 2 aliphatic heterocycles. The molecule has 2 bridgehead atoms. The molecule has 3 nitrogen and oxygen atoms in total. The molecule has 20 heavy (non-hydrogen) atoms. The van der Waals surface area contributed by atoms with Crippen LogP contribution in [0.2, 0.25) is 0 Å². The third kappa shape index (κ3) is 1.31. The van der Waals surface area contributed by atoms with Gasteiger partial charge in [0.2, 0.25) is 5.79 Å². The van der Waals surface area contributed by atoms with Gasteiger partial charge in [-0.25, -0.2) is 0 Å². The molecule has 1 unspecified atom stereocenters. The second kappa shape index (κ2) is 3.62. The Kier molecular flexibility index (Phi) is 2.16. The molecule has 2 heterocycles. The van der Waals surface area contributed by atoms with Crippen molar-refractivity contribution in [2.75, 3.05) is 0 Å². The third-order valence-electron chi connectivity index (χ3n) is 4.40. The van der Waals surface area contributed by atoms with Crippen LogP contribution in [0.15, 0.2) is 48.5 Å². The van der Waals surface area contributed by atoms with Gasteiger partial charge in [-0.05, 0) is 18.6 Å². The lowest BCUT2D eigenvalue weighted by atomic mass is 9.77. The Morgan fingerprint density at radius 3 is 2.40 bits per heavy atom. The highest BCUT2D eigenvalue weighted by Crippen LogP contribution is 2.56. The van der Waals surface area contributed by atoms with Crippen LogP contribution < -0.4 is 4.74 Å². The highest BCUT2D eigenvalue weighted by molar-refractivity contribution is 5.48. The van der Waals surface area contributed by atoms with Crippen molar-refractivity contribution in [3.63, 3.8) is 0 Å². The molecule has 3 heteroatoms. The maximum Gasteiger partial charge on any atom is 0.235 e. The van der Waals surface area contributed by atoms with Gasteiger partial charge in [-0.1, -0.05) is 42.5 Å². The van der Waals surface area contributed by atoms with E-state index >= 15 is 0 Å². The fourth-order valence-electron chi connectivity index (χ4n) is 3.41. The molecule has 2 aliphatic rings. The van der Waals surface area contributed by atoms with Crippen molar-refractivity contribution in [1.82, 2.24) is 0 Å². The minimum atomic E-state index is -0.862. The lowest BCUT2D eigenvalue weighted by molar-refractivity contribution is -0.305. The number of aliphatic hydroxyl groups is 1. The van der Waals surface area contributed by atoms with Crippen LogP contribution in [0.1, 0.15) is 36.6 Å². The summed E-state index contributed by atoms with van der Waals surface area (Å²) in [5.41, 5.74) is 1.86. The minimum Gasteiger partial charge on any atom is -0.458 e. The van der Waals surface area contributed by atoms with Crippen LogP contribution in [0.3, 0.4) is 0 Å². The smallest absolute Gasteiger partial charge is 0.235 e. The molecule has 0 saturated heterocycles. The third-order valence-corrected chi connectivity index (χ3v) is 4.40. The van der Waals surface area contributed by atoms with E-state index in [-0.39, 0.29) is 0 Å². The fraction of sp³-hybridized carbons (Fsp3) is 0.294. The van der Waals surface area contributed by atoms with Crippen molar-refractivity contribution in [1.29, 1.82) is 0 Å². The Labute approximate surface area is 117 Å². The standard InChI is InChI=1S/C17H16O3/c1-16-13-9-5-6-10-14(13)19-17(2,20-16)12-8-4-3-7-11(12)15(16)18/h3-10,15,18H,1-2H3/t15?,16-,17-/m1/s1. The molecule has 0 aromatic heterocycles. The van der Waals surface area contributed by atoms with Crippen LogP contribution in [-0.4, -0.2) is 5.11 Å². The Hall–Kier alpha value is -1.84. The second-order valence-electron chi connectivity index (χ2n) is 5.74. The van der Waals surface area contributed by atoms with E-state index in [1.54, 1.807) is 0 Å². The van der Waals surface area contributed by atoms with Gasteiger partial charge in [0.1, 0.15) is 17.5 Å². The molecular weight excluding hydrogens is 252 g/mol. The van der Waals surface area contributed by atoms with E-state index < -0.39 is 17.5 Å². The summed E-state index contributed by atoms with van der Waals surface area (Å²) in [6, 6.07) is 15.5. The van der Waals surface area contributed by atoms with E-state index in [1.165, 1.54) is 0 Å². The summed E-state index contributed by atoms with van der Waals surface area (Å²) in [7, 11) is 0. The maximum absolute atomic E-state index is 10.8. The largest absolute Gasteiger partial charge is 0.458 e. The number of hydrogen-bond donors (Lipinski definition) is 1. The van der Waals surface area contributed by atoms with Crippen LogP contribution >= 0.6 is 0 Å². The van der Waals surface area contributed by atoms with Crippen LogP contribution in [0.4, 0.5) is 0 Å². The predicted octanol–water partition coefficient (Wildman–Crippen LogP) is 3.23. The molecule has 0 spiro atoms. The van der Waals surface area contributed by atoms with Crippen LogP contribution in [-0.2, 0) is 16.1 Å². The first-order valence-electron chi connectivity index (χ1n) is 6.81. The van der Waals surface area contributed by atoms with Gasteiger partial charge in [0.25, 0.3) is 0 Å². The monoisotopic (exact) mass is 268 g/mol. The number of aliphatic hydroxyl groups excluding tert-OH is 1. The van der Waals surface area contributed by atoms with Gasteiger partial charge in [-0.3, -0.25) is 0 Å². The van der Waals surface area contributed by atoms with E-state index in [9.17, 15) is 5.11 Å². The van der Waals surface area contributed by atoms with E-state index in [4.69, 9.17) is 9.47 Å². The molecule has 0 amide bonds. The Bertz CT molecular complexity index is 696. The van der Waals surface area contributed by atoms with Crippen molar-refractivity contribution < 1.29 is 14.6 Å². The molecule has 0 radical (unpaired) electrons. The summed E-state index contributed by atoms with van der Waals surface area (Å²) in [6.07, 6.45) is -0.711. The van der Waals surface area contributed by atoms with E-state index in [0.717, 1.165) is 22.4 Å². The normalized spacial score (nSPS) is 33.9. The second-order valence-corrected chi connectivity index (χ2v) is 5.74. The topological polar surface area (TPSA) is 38.7 Å². The summed E-state index contributed by atoms with van der Waals surface area (Å²) >= 11 is 0. The summed E-state index contributed by atoms with van der Waals surface area (Å²) < 4.78 is 12.3. The fourth-order valence-corrected chi connectivity index (χ4v) is 3.41. The molecule has 2 aromatic rings. The zero-order valence-electron chi connectivity index (χ0n) is 11.5. The zero-order valence-corrected chi connectivity index (χ0v) is 11.5. The predicted molar refractivity (Wildman–Crippen MR) is 74.3 cm³/mol. The minimum absolute atomic E-state index is 0.711. The number of benzene rings is 2.